The summed E-state index contributed by atoms with van der Waals surface area (Å²) in [5.74, 6) is -1.99. The first kappa shape index (κ1) is 38.0. The van der Waals surface area contributed by atoms with E-state index in [9.17, 15) is 14.4 Å². The van der Waals surface area contributed by atoms with Crippen LogP contribution in [0.3, 0.4) is 0 Å². The summed E-state index contributed by atoms with van der Waals surface area (Å²) < 4.78 is 12.9. The van der Waals surface area contributed by atoms with Gasteiger partial charge in [-0.25, -0.2) is 4.79 Å². The number of hydrogen-bond acceptors (Lipinski definition) is 6. The minimum absolute atomic E-state index is 0.0213. The molecule has 1 heterocycles. The molecule has 7 rings (SSSR count). The van der Waals surface area contributed by atoms with Gasteiger partial charge in [-0.3, -0.25) is 19.3 Å². The molecule has 8 nitrogen and oxygen atoms in total. The van der Waals surface area contributed by atoms with Gasteiger partial charge in [0.1, 0.15) is 12.0 Å². The topological polar surface area (TPSA) is 102 Å². The van der Waals surface area contributed by atoms with Crippen LogP contribution in [0.1, 0.15) is 29.7 Å². The van der Waals surface area contributed by atoms with Gasteiger partial charge in [0.25, 0.3) is 5.91 Å². The molecule has 1 aliphatic rings. The Labute approximate surface area is 326 Å². The number of Topliss-reactive ketones (excluding diaryl/α,β-unsaturated/α-hetero) is 1. The first-order chi connectivity index (χ1) is 27.4. The van der Waals surface area contributed by atoms with E-state index in [0.717, 1.165) is 32.6 Å². The van der Waals surface area contributed by atoms with Crippen LogP contribution in [0.25, 0.3) is 0 Å². The number of rotatable bonds is 14. The van der Waals surface area contributed by atoms with Gasteiger partial charge in [-0.2, -0.15) is 0 Å². The molecule has 0 bridgehead atoms. The first-order valence-electron chi connectivity index (χ1n) is 18.4. The van der Waals surface area contributed by atoms with Gasteiger partial charge >= 0.3 is 5.97 Å². The van der Waals surface area contributed by atoms with Gasteiger partial charge in [0.15, 0.2) is 24.2 Å². The Kier molecular flexibility index (Phi) is 11.8. The molecule has 1 saturated heterocycles. The van der Waals surface area contributed by atoms with Crippen LogP contribution in [-0.4, -0.2) is 52.8 Å². The fourth-order valence-corrected chi connectivity index (χ4v) is 11.5. The number of amides is 2. The second-order valence-corrected chi connectivity index (χ2v) is 16.7. The molecule has 6 aromatic rings. The lowest BCUT2D eigenvalue weighted by molar-refractivity contribution is -0.175. The predicted octanol–water partition coefficient (Wildman–Crippen LogP) is 5.94. The van der Waals surface area contributed by atoms with Gasteiger partial charge in [-0.15, -0.1) is 0 Å². The molecule has 0 spiro atoms. The Morgan fingerprint density at radius 2 is 1.04 bits per heavy atom. The van der Waals surface area contributed by atoms with Gasteiger partial charge in [0, 0.05) is 6.89 Å². The molecule has 280 valence electrons. The van der Waals surface area contributed by atoms with Crippen LogP contribution in [0.2, 0.25) is 0 Å². The molecular formula is C47H41N2O6P. The summed E-state index contributed by atoms with van der Waals surface area (Å²) in [5, 5.41) is 5.22. The highest BCUT2D eigenvalue weighted by atomic mass is 31.2. The summed E-state index contributed by atoms with van der Waals surface area (Å²) >= 11 is 0. The largest absolute Gasteiger partial charge is 0.448 e. The van der Waals surface area contributed by atoms with Crippen molar-refractivity contribution >= 4 is 51.8 Å². The van der Waals surface area contributed by atoms with Crippen molar-refractivity contribution in [2.45, 2.75) is 31.7 Å². The monoisotopic (exact) mass is 760 g/mol. The van der Waals surface area contributed by atoms with Crippen molar-refractivity contribution < 1.29 is 28.7 Å². The van der Waals surface area contributed by atoms with E-state index in [1.54, 1.807) is 0 Å². The second-order valence-electron chi connectivity index (χ2n) is 13.4. The maximum absolute atomic E-state index is 15.7. The molecule has 0 aromatic heterocycles. The number of ether oxygens (including phenoxy) is 2. The van der Waals surface area contributed by atoms with E-state index < -0.39 is 43.0 Å². The van der Waals surface area contributed by atoms with Crippen molar-refractivity contribution in [3.8, 4) is 0 Å². The van der Waals surface area contributed by atoms with Crippen molar-refractivity contribution in [3.05, 3.63) is 199 Å². The average molecular weight is 761 g/mol. The number of likely N-dealkylation sites (tertiary alicyclic amines) is 1. The maximum Gasteiger partial charge on any atom is 0.357 e. The van der Waals surface area contributed by atoms with E-state index in [2.05, 4.69) is 5.32 Å². The Morgan fingerprint density at radius 1 is 0.625 bits per heavy atom. The second kappa shape index (κ2) is 17.4. The zero-order valence-electron chi connectivity index (χ0n) is 30.8. The van der Waals surface area contributed by atoms with Crippen molar-refractivity contribution in [3.63, 3.8) is 0 Å². The smallest absolute Gasteiger partial charge is 0.357 e. The molecule has 1 fully saturated rings. The molecule has 0 radical (unpaired) electrons. The van der Waals surface area contributed by atoms with E-state index in [-0.39, 0.29) is 24.2 Å². The number of benzene rings is 6. The van der Waals surface area contributed by atoms with Crippen LogP contribution in [0.15, 0.2) is 182 Å². The van der Waals surface area contributed by atoms with Gasteiger partial charge in [0.05, 0.1) is 6.42 Å². The first-order valence-corrected chi connectivity index (χ1v) is 20.2. The molecule has 0 aliphatic carbocycles. The number of β-lactam (4-membered cyclic amide) rings is 1. The van der Waals surface area contributed by atoms with Crippen LogP contribution >= 0.6 is 6.89 Å². The van der Waals surface area contributed by atoms with Gasteiger partial charge in [-0.1, -0.05) is 182 Å². The Bertz CT molecular complexity index is 2200. The molecule has 56 heavy (non-hydrogen) atoms. The van der Waals surface area contributed by atoms with E-state index in [0.29, 0.717) is 0 Å². The lowest BCUT2D eigenvalue weighted by atomic mass is 10.0. The predicted molar refractivity (Wildman–Crippen MR) is 220 cm³/mol. The number of nitrogens with zero attached hydrogens (tertiary/aromatic N) is 1. The number of hydrogen-bond donors (Lipinski definition) is 1. The van der Waals surface area contributed by atoms with Crippen molar-refractivity contribution in [1.29, 1.82) is 0 Å². The van der Waals surface area contributed by atoms with Crippen molar-refractivity contribution in [1.82, 2.24) is 10.2 Å². The van der Waals surface area contributed by atoms with Gasteiger partial charge in [-0.05, 0) is 39.5 Å². The third-order valence-corrected chi connectivity index (χ3v) is 13.9. The minimum atomic E-state index is -3.35. The van der Waals surface area contributed by atoms with Crippen LogP contribution < -0.4 is 21.2 Å². The summed E-state index contributed by atoms with van der Waals surface area (Å²) in [7, 11) is 0. The van der Waals surface area contributed by atoms with Crippen LogP contribution in [0, 0.1) is 0 Å². The normalized spacial score (nSPS) is 15.1. The quantitative estimate of drug-likeness (QED) is 0.0838. The highest BCUT2D eigenvalue weighted by molar-refractivity contribution is 7.96. The number of esters is 1. The lowest BCUT2D eigenvalue weighted by Gasteiger charge is -2.49. The molecule has 9 heteroatoms. The molecule has 1 N–H and O–H groups in total. The summed E-state index contributed by atoms with van der Waals surface area (Å²) in [6.45, 7) is -2.32. The number of carbonyl (C=O) groups excluding carboxylic acids is 4. The van der Waals surface area contributed by atoms with E-state index >= 15 is 4.79 Å². The van der Waals surface area contributed by atoms with Crippen molar-refractivity contribution in [2.75, 3.05) is 6.61 Å². The third kappa shape index (κ3) is 7.89. The van der Waals surface area contributed by atoms with Crippen LogP contribution in [0.4, 0.5) is 0 Å². The zero-order chi connectivity index (χ0) is 38.9. The fourth-order valence-electron chi connectivity index (χ4n) is 7.11. The lowest BCUT2D eigenvalue weighted by Crippen LogP contribution is -2.74. The Hall–Kier alpha value is -6.34. The highest BCUT2D eigenvalue weighted by Crippen LogP contribution is 2.49. The van der Waals surface area contributed by atoms with Crippen LogP contribution in [0.5, 0.6) is 0 Å². The molecule has 0 unspecified atom stereocenters. The van der Waals surface area contributed by atoms with E-state index in [1.165, 1.54) is 11.8 Å². The number of nitrogens with one attached hydrogen (secondary N) is 1. The average Bonchev–Trinajstić information content (AvgIpc) is 3.24. The summed E-state index contributed by atoms with van der Waals surface area (Å²) in [4.78, 5) is 57.8. The zero-order valence-corrected chi connectivity index (χ0v) is 31.7. The standard InChI is InChI=1S/C47H41N2O6P/c1-34(50)33-54-45-42(48-41(51)32-35-20-8-2-9-21-35)44(52)49(45)46(47(53)55-43(36-22-10-3-11-23-36)37-24-12-4-13-25-37)56(38-26-14-5-15-27-38,39-28-16-6-17-29-39)40-30-18-7-19-31-40/h2-31,42-43,45H,32-33H2,1H3,(H,48,51)/t42-,45+/m0/s1. The molecule has 6 aromatic carbocycles. The number of carbonyl (C=O) groups is 4. The minimum Gasteiger partial charge on any atom is -0.448 e. The van der Waals surface area contributed by atoms with Crippen LogP contribution in [-0.2, 0) is 35.1 Å². The van der Waals surface area contributed by atoms with E-state index in [1.807, 2.05) is 182 Å². The maximum atomic E-state index is 15.7. The highest BCUT2D eigenvalue weighted by Gasteiger charge is 2.55. The number of ketones is 1. The SMILES string of the molecule is CC(=O)CO[C@@H]1[C@@H](NC(=O)Cc2ccccc2)C(=O)N1C(C(=O)OC(c1ccccc1)c1ccccc1)=P(c1ccccc1)(c1ccccc1)c1ccccc1. The van der Waals surface area contributed by atoms with E-state index in [4.69, 9.17) is 9.47 Å². The Balaban J connectivity index is 1.48. The fraction of sp³-hybridized carbons (Fsp3) is 0.128. The molecule has 1 aliphatic heterocycles. The van der Waals surface area contributed by atoms with Gasteiger partial charge in [0.2, 0.25) is 5.91 Å². The van der Waals surface area contributed by atoms with Gasteiger partial charge < -0.3 is 14.8 Å². The molecule has 2 atom stereocenters. The summed E-state index contributed by atoms with van der Waals surface area (Å²) in [5.41, 5.74) is 2.30. The summed E-state index contributed by atoms with van der Waals surface area (Å²) in [6, 6.07) is 55.8. The molecule has 0 saturated carbocycles. The Morgan fingerprint density at radius 3 is 1.46 bits per heavy atom. The summed E-state index contributed by atoms with van der Waals surface area (Å²) in [6.07, 6.45) is -2.04. The molecule has 2 amide bonds. The molecular weight excluding hydrogens is 719 g/mol. The third-order valence-electron chi connectivity index (χ3n) is 9.61. The van der Waals surface area contributed by atoms with Crippen molar-refractivity contribution in [2.24, 2.45) is 0 Å².